The highest BCUT2D eigenvalue weighted by Gasteiger charge is 2.22. The number of likely N-dealkylation sites (tertiary alicyclic amines) is 1. The molecule has 6 nitrogen and oxygen atoms in total. The molecule has 22 heavy (non-hydrogen) atoms. The van der Waals surface area contributed by atoms with E-state index in [0.717, 1.165) is 31.9 Å². The molecule has 2 amide bonds. The number of amides is 2. The highest BCUT2D eigenvalue weighted by atomic mass is 16.5. The van der Waals surface area contributed by atoms with Gasteiger partial charge in [0.1, 0.15) is 5.76 Å². The highest BCUT2D eigenvalue weighted by Crippen LogP contribution is 2.18. The molecule has 2 fully saturated rings. The minimum Gasteiger partial charge on any atom is -0.468 e. The third-order valence-corrected chi connectivity index (χ3v) is 4.40. The number of morpholine rings is 1. The molecule has 0 radical (unpaired) electrons. The molecule has 0 saturated carbocycles. The van der Waals surface area contributed by atoms with Crippen molar-refractivity contribution >= 4 is 6.03 Å². The number of carbonyl (C=O) groups is 1. The first-order valence-electron chi connectivity index (χ1n) is 8.16. The van der Waals surface area contributed by atoms with Gasteiger partial charge >= 0.3 is 6.03 Å². The van der Waals surface area contributed by atoms with Crippen LogP contribution in [0.15, 0.2) is 22.8 Å². The Morgan fingerprint density at radius 3 is 2.95 bits per heavy atom. The Kier molecular flexibility index (Phi) is 5.34. The van der Waals surface area contributed by atoms with Gasteiger partial charge in [-0.1, -0.05) is 0 Å². The first-order valence-corrected chi connectivity index (χ1v) is 8.16. The van der Waals surface area contributed by atoms with Gasteiger partial charge in [0, 0.05) is 26.2 Å². The van der Waals surface area contributed by atoms with Crippen LogP contribution in [0.4, 0.5) is 4.79 Å². The van der Waals surface area contributed by atoms with Gasteiger partial charge in [-0.05, 0) is 37.4 Å². The zero-order chi connectivity index (χ0) is 15.2. The molecule has 1 atom stereocenters. The van der Waals surface area contributed by atoms with E-state index >= 15 is 0 Å². The van der Waals surface area contributed by atoms with Gasteiger partial charge in [-0.3, -0.25) is 4.90 Å². The fourth-order valence-electron chi connectivity index (χ4n) is 3.19. The van der Waals surface area contributed by atoms with Crippen molar-refractivity contribution in [3.63, 3.8) is 0 Å². The summed E-state index contributed by atoms with van der Waals surface area (Å²) in [6, 6.07) is 4.00. The number of nitrogens with one attached hydrogen (secondary N) is 1. The zero-order valence-corrected chi connectivity index (χ0v) is 13.0. The quantitative estimate of drug-likeness (QED) is 0.916. The molecule has 2 aliphatic heterocycles. The van der Waals surface area contributed by atoms with Crippen molar-refractivity contribution < 1.29 is 13.9 Å². The zero-order valence-electron chi connectivity index (χ0n) is 13.0. The molecule has 1 unspecified atom stereocenters. The lowest BCUT2D eigenvalue weighted by molar-refractivity contribution is 0.0525. The molecule has 1 aromatic heterocycles. The summed E-state index contributed by atoms with van der Waals surface area (Å²) < 4.78 is 10.7. The Morgan fingerprint density at radius 1 is 1.32 bits per heavy atom. The molecule has 1 N–H and O–H groups in total. The number of hydrogen-bond donors (Lipinski definition) is 1. The molecular formula is C16H25N3O3. The minimum atomic E-state index is 0.0476. The van der Waals surface area contributed by atoms with Gasteiger partial charge in [0.25, 0.3) is 0 Å². The Hall–Kier alpha value is -1.53. The molecule has 122 valence electrons. The second kappa shape index (κ2) is 7.65. The van der Waals surface area contributed by atoms with Crippen LogP contribution in [-0.2, 0) is 11.3 Å². The van der Waals surface area contributed by atoms with Crippen molar-refractivity contribution in [2.75, 3.05) is 45.9 Å². The standard InChI is InChI=1S/C16H25N3O3/c20-16(19-6-9-21-10-7-19)17-11-14-3-1-5-18(12-14)13-15-4-2-8-22-15/h2,4,8,14H,1,3,5-7,9-13H2,(H,17,20). The number of ether oxygens (including phenoxy) is 1. The SMILES string of the molecule is O=C(NCC1CCCN(Cc2ccco2)C1)N1CCOCC1. The van der Waals surface area contributed by atoms with Crippen LogP contribution in [0.5, 0.6) is 0 Å². The van der Waals surface area contributed by atoms with Crippen LogP contribution in [0.2, 0.25) is 0 Å². The Balaban J connectivity index is 1.41. The van der Waals surface area contributed by atoms with Crippen molar-refractivity contribution in [2.24, 2.45) is 5.92 Å². The fraction of sp³-hybridized carbons (Fsp3) is 0.688. The van der Waals surface area contributed by atoms with Crippen LogP contribution in [0.25, 0.3) is 0 Å². The first kappa shape index (κ1) is 15.4. The van der Waals surface area contributed by atoms with Gasteiger partial charge in [0.2, 0.25) is 0 Å². The second-order valence-corrected chi connectivity index (χ2v) is 6.11. The van der Waals surface area contributed by atoms with E-state index in [1.165, 1.54) is 12.8 Å². The number of piperidine rings is 1. The maximum atomic E-state index is 12.1. The average Bonchev–Trinajstić information content (AvgIpc) is 3.07. The number of nitrogens with zero attached hydrogens (tertiary/aromatic N) is 2. The third-order valence-electron chi connectivity index (χ3n) is 4.40. The van der Waals surface area contributed by atoms with Crippen molar-refractivity contribution in [3.05, 3.63) is 24.2 Å². The third kappa shape index (κ3) is 4.24. The molecular weight excluding hydrogens is 282 g/mol. The van der Waals surface area contributed by atoms with E-state index < -0.39 is 0 Å². The molecule has 0 bridgehead atoms. The average molecular weight is 307 g/mol. The van der Waals surface area contributed by atoms with Gasteiger partial charge in [0.05, 0.1) is 26.0 Å². The summed E-state index contributed by atoms with van der Waals surface area (Å²) >= 11 is 0. The van der Waals surface area contributed by atoms with Crippen LogP contribution in [0.3, 0.4) is 0 Å². The predicted molar refractivity (Wildman–Crippen MR) is 82.5 cm³/mol. The lowest BCUT2D eigenvalue weighted by Crippen LogP contribution is -2.48. The summed E-state index contributed by atoms with van der Waals surface area (Å²) in [5.74, 6) is 1.53. The number of hydrogen-bond acceptors (Lipinski definition) is 4. The normalized spacial score (nSPS) is 23.5. The molecule has 6 heteroatoms. The number of furan rings is 1. The van der Waals surface area contributed by atoms with E-state index in [9.17, 15) is 4.79 Å². The van der Waals surface area contributed by atoms with Crippen LogP contribution < -0.4 is 5.32 Å². The van der Waals surface area contributed by atoms with Crippen LogP contribution >= 0.6 is 0 Å². The molecule has 3 heterocycles. The Labute approximate surface area is 131 Å². The largest absolute Gasteiger partial charge is 0.468 e. The maximum Gasteiger partial charge on any atom is 0.317 e. The lowest BCUT2D eigenvalue weighted by Gasteiger charge is -2.33. The van der Waals surface area contributed by atoms with E-state index in [0.29, 0.717) is 32.2 Å². The van der Waals surface area contributed by atoms with Gasteiger partial charge < -0.3 is 19.4 Å². The van der Waals surface area contributed by atoms with E-state index in [2.05, 4.69) is 10.2 Å². The predicted octanol–water partition coefficient (Wildman–Crippen LogP) is 1.53. The van der Waals surface area contributed by atoms with Crippen LogP contribution in [0, 0.1) is 5.92 Å². The molecule has 2 aliphatic rings. The van der Waals surface area contributed by atoms with Crippen molar-refractivity contribution in [1.82, 2.24) is 15.1 Å². The summed E-state index contributed by atoms with van der Waals surface area (Å²) in [4.78, 5) is 16.4. The van der Waals surface area contributed by atoms with E-state index in [-0.39, 0.29) is 6.03 Å². The minimum absolute atomic E-state index is 0.0476. The summed E-state index contributed by atoms with van der Waals surface area (Å²) in [5.41, 5.74) is 0. The molecule has 1 aromatic rings. The molecule has 0 aliphatic carbocycles. The number of rotatable bonds is 4. The lowest BCUT2D eigenvalue weighted by atomic mass is 9.98. The van der Waals surface area contributed by atoms with Crippen molar-refractivity contribution in [2.45, 2.75) is 19.4 Å². The first-order chi connectivity index (χ1) is 10.8. The van der Waals surface area contributed by atoms with E-state index in [4.69, 9.17) is 9.15 Å². The monoisotopic (exact) mass is 307 g/mol. The van der Waals surface area contributed by atoms with Gasteiger partial charge in [-0.25, -0.2) is 4.79 Å². The van der Waals surface area contributed by atoms with E-state index in [1.54, 1.807) is 6.26 Å². The van der Waals surface area contributed by atoms with Gasteiger partial charge in [-0.15, -0.1) is 0 Å². The molecule has 0 spiro atoms. The van der Waals surface area contributed by atoms with Crippen LogP contribution in [0.1, 0.15) is 18.6 Å². The molecule has 2 saturated heterocycles. The van der Waals surface area contributed by atoms with Gasteiger partial charge in [0.15, 0.2) is 0 Å². The fourth-order valence-corrected chi connectivity index (χ4v) is 3.19. The van der Waals surface area contributed by atoms with Crippen LogP contribution in [-0.4, -0.2) is 61.8 Å². The number of carbonyl (C=O) groups excluding carboxylic acids is 1. The number of urea groups is 1. The van der Waals surface area contributed by atoms with Crippen molar-refractivity contribution in [3.8, 4) is 0 Å². The topological polar surface area (TPSA) is 58.0 Å². The summed E-state index contributed by atoms with van der Waals surface area (Å²) in [6.07, 6.45) is 4.08. The molecule has 3 rings (SSSR count). The smallest absolute Gasteiger partial charge is 0.317 e. The summed E-state index contributed by atoms with van der Waals surface area (Å²) in [6.45, 7) is 6.42. The van der Waals surface area contributed by atoms with Crippen molar-refractivity contribution in [1.29, 1.82) is 0 Å². The summed E-state index contributed by atoms with van der Waals surface area (Å²) in [7, 11) is 0. The second-order valence-electron chi connectivity index (χ2n) is 6.11. The molecule has 0 aromatic carbocycles. The summed E-state index contributed by atoms with van der Waals surface area (Å²) in [5, 5.41) is 3.08. The van der Waals surface area contributed by atoms with E-state index in [1.807, 2.05) is 17.0 Å². The Morgan fingerprint density at radius 2 is 2.18 bits per heavy atom. The highest BCUT2D eigenvalue weighted by molar-refractivity contribution is 5.74. The Bertz CT molecular complexity index is 457. The maximum absolute atomic E-state index is 12.1. The van der Waals surface area contributed by atoms with Gasteiger partial charge in [-0.2, -0.15) is 0 Å².